The van der Waals surface area contributed by atoms with Crippen molar-refractivity contribution in [3.63, 3.8) is 0 Å². The minimum Gasteiger partial charge on any atom is -0.193 e. The van der Waals surface area contributed by atoms with Gasteiger partial charge in [0.25, 0.3) is 0 Å². The maximum Gasteiger partial charge on any atom is 0.460 e. The van der Waals surface area contributed by atoms with Gasteiger partial charge in [0.1, 0.15) is 0 Å². The van der Waals surface area contributed by atoms with E-state index in [1.807, 2.05) is 0 Å². The molecule has 0 saturated carbocycles. The van der Waals surface area contributed by atoms with Gasteiger partial charge in [-0.05, 0) is 11.4 Å². The largest absolute Gasteiger partial charge is 0.460 e. The molecule has 1 aromatic rings. The Morgan fingerprint density at radius 1 is 0.424 bits per heavy atom. The predicted octanol–water partition coefficient (Wildman–Crippen LogP) is 7.85. The molecule has 0 bridgehead atoms. The molecular formula is C13H3F19S. The summed E-state index contributed by atoms with van der Waals surface area (Å²) in [6, 6.07) is 0.250. The van der Waals surface area contributed by atoms with E-state index in [0.29, 0.717) is 11.4 Å². The summed E-state index contributed by atoms with van der Waals surface area (Å²) in [7, 11) is 0. The van der Waals surface area contributed by atoms with Crippen molar-refractivity contribution in [2.24, 2.45) is 0 Å². The summed E-state index contributed by atoms with van der Waals surface area (Å²) in [6.45, 7) is 0. The molecule has 1 heterocycles. The highest BCUT2D eigenvalue weighted by atomic mass is 32.1. The third kappa shape index (κ3) is 3.52. The summed E-state index contributed by atoms with van der Waals surface area (Å²) in [5.41, 5.74) is 0. The molecule has 0 nitrogen and oxygen atoms in total. The van der Waals surface area contributed by atoms with Crippen molar-refractivity contribution in [3.8, 4) is 0 Å². The first-order valence-corrected chi connectivity index (χ1v) is 8.12. The van der Waals surface area contributed by atoms with Crippen molar-refractivity contribution in [1.82, 2.24) is 0 Å². The second kappa shape index (κ2) is 7.43. The molecule has 0 unspecified atom stereocenters. The summed E-state index contributed by atoms with van der Waals surface area (Å²) >= 11 is -0.581. The highest BCUT2D eigenvalue weighted by Crippen LogP contribution is 2.66. The van der Waals surface area contributed by atoms with Gasteiger partial charge < -0.3 is 0 Å². The van der Waals surface area contributed by atoms with Crippen LogP contribution in [0.25, 0.3) is 0 Å². The molecule has 0 aliphatic rings. The monoisotopic (exact) mass is 552 g/mol. The van der Waals surface area contributed by atoms with Crippen LogP contribution in [0.15, 0.2) is 17.5 Å². The minimum atomic E-state index is -8.89. The van der Waals surface area contributed by atoms with Crippen molar-refractivity contribution in [3.05, 3.63) is 22.4 Å². The summed E-state index contributed by atoms with van der Waals surface area (Å²) in [5, 5.41) is 0.429. The molecule has 0 N–H and O–H groups in total. The second-order valence-electron chi connectivity index (χ2n) is 6.07. The number of rotatable bonds is 8. The fraction of sp³-hybridized carbons (Fsp3) is 0.692. The van der Waals surface area contributed by atoms with E-state index in [0.717, 1.165) is 0 Å². The first-order valence-electron chi connectivity index (χ1n) is 7.24. The zero-order valence-electron chi connectivity index (χ0n) is 14.3. The van der Waals surface area contributed by atoms with E-state index in [9.17, 15) is 83.4 Å². The van der Waals surface area contributed by atoms with Crippen LogP contribution in [0.5, 0.6) is 0 Å². The van der Waals surface area contributed by atoms with E-state index >= 15 is 0 Å². The van der Waals surface area contributed by atoms with E-state index in [-0.39, 0.29) is 6.07 Å². The molecule has 1 rings (SSSR count). The van der Waals surface area contributed by atoms with Gasteiger partial charge in [-0.1, -0.05) is 6.07 Å². The zero-order valence-corrected chi connectivity index (χ0v) is 15.1. The maximum atomic E-state index is 13.7. The molecule has 0 saturated heterocycles. The molecule has 194 valence electrons. The minimum absolute atomic E-state index is 0.155. The van der Waals surface area contributed by atoms with Crippen LogP contribution in [0.3, 0.4) is 0 Å². The topological polar surface area (TPSA) is 0 Å². The molecule has 33 heavy (non-hydrogen) atoms. The van der Waals surface area contributed by atoms with Gasteiger partial charge in [-0.2, -0.15) is 83.4 Å². The fourth-order valence-corrected chi connectivity index (χ4v) is 2.71. The van der Waals surface area contributed by atoms with E-state index in [1.165, 1.54) is 0 Å². The molecule has 0 atom stereocenters. The Morgan fingerprint density at radius 3 is 1.00 bits per heavy atom. The summed E-state index contributed by atoms with van der Waals surface area (Å²) in [4.78, 5) is -2.26. The van der Waals surface area contributed by atoms with Gasteiger partial charge in [0.05, 0.1) is 4.88 Å². The summed E-state index contributed by atoms with van der Waals surface area (Å²) < 4.78 is 249. The van der Waals surface area contributed by atoms with Crippen molar-refractivity contribution >= 4 is 11.3 Å². The van der Waals surface area contributed by atoms with Gasteiger partial charge in [0.2, 0.25) is 0 Å². The lowest BCUT2D eigenvalue weighted by Gasteiger charge is -2.43. The highest BCUT2D eigenvalue weighted by Gasteiger charge is 2.96. The van der Waals surface area contributed by atoms with Crippen molar-refractivity contribution in [2.45, 2.75) is 53.6 Å². The van der Waals surface area contributed by atoms with Crippen LogP contribution in [0.2, 0.25) is 0 Å². The maximum absolute atomic E-state index is 13.7. The van der Waals surface area contributed by atoms with Gasteiger partial charge in [-0.25, -0.2) is 0 Å². The lowest BCUT2D eigenvalue weighted by atomic mass is 9.87. The summed E-state index contributed by atoms with van der Waals surface area (Å²) in [5.74, 6) is -66.3. The zero-order chi connectivity index (χ0) is 26.9. The van der Waals surface area contributed by atoms with Crippen LogP contribution < -0.4 is 0 Å². The van der Waals surface area contributed by atoms with E-state index < -0.39 is 69.8 Å². The predicted molar refractivity (Wildman–Crippen MR) is 68.9 cm³/mol. The average Bonchev–Trinajstić information content (AvgIpc) is 3.14. The number of hydrogen-bond acceptors (Lipinski definition) is 1. The Kier molecular flexibility index (Phi) is 6.62. The Hall–Kier alpha value is -1.63. The molecule has 0 radical (unpaired) electrons. The van der Waals surface area contributed by atoms with Crippen LogP contribution in [0.4, 0.5) is 83.4 Å². The molecule has 0 aliphatic heterocycles. The first-order chi connectivity index (χ1) is 14.1. The third-order valence-corrected chi connectivity index (χ3v) is 4.89. The van der Waals surface area contributed by atoms with Crippen molar-refractivity contribution < 1.29 is 83.4 Å². The number of thiophene rings is 1. The fourth-order valence-electron chi connectivity index (χ4n) is 1.97. The van der Waals surface area contributed by atoms with Crippen LogP contribution in [-0.4, -0.2) is 47.6 Å². The average molecular weight is 552 g/mol. The van der Waals surface area contributed by atoms with Crippen LogP contribution in [-0.2, 0) is 5.92 Å². The van der Waals surface area contributed by atoms with Gasteiger partial charge >= 0.3 is 53.6 Å². The standard InChI is InChI=1S/C13H3F19S/c14-5(15,4-2-1-3-33-4)6(16,17)7(18,19)8(20,21)9(22,23)10(24,25)11(26,27)12(28,29)13(30,31)32/h1-3H. The van der Waals surface area contributed by atoms with Gasteiger partial charge in [-0.3, -0.25) is 0 Å². The Labute approximate surface area is 172 Å². The smallest absolute Gasteiger partial charge is 0.193 e. The normalized spacial score (nSPS) is 16.3. The van der Waals surface area contributed by atoms with Crippen LogP contribution in [0.1, 0.15) is 4.88 Å². The Morgan fingerprint density at radius 2 is 0.727 bits per heavy atom. The highest BCUT2D eigenvalue weighted by molar-refractivity contribution is 7.10. The number of alkyl halides is 19. The molecule has 0 fully saturated rings. The molecular weight excluding hydrogens is 549 g/mol. The number of hydrogen-bond donors (Lipinski definition) is 0. The van der Waals surface area contributed by atoms with Gasteiger partial charge in [-0.15, -0.1) is 11.3 Å². The first kappa shape index (κ1) is 29.4. The van der Waals surface area contributed by atoms with Crippen LogP contribution in [0, 0.1) is 0 Å². The van der Waals surface area contributed by atoms with E-state index in [1.54, 1.807) is 0 Å². The van der Waals surface area contributed by atoms with Crippen molar-refractivity contribution in [2.75, 3.05) is 0 Å². The molecule has 0 aromatic carbocycles. The van der Waals surface area contributed by atoms with Crippen LogP contribution >= 0.6 is 11.3 Å². The Balaban J connectivity index is 3.74. The van der Waals surface area contributed by atoms with Gasteiger partial charge in [0.15, 0.2) is 0 Å². The lowest BCUT2D eigenvalue weighted by molar-refractivity contribution is -0.469. The third-order valence-electron chi connectivity index (χ3n) is 3.95. The van der Waals surface area contributed by atoms with E-state index in [2.05, 4.69) is 0 Å². The molecule has 1 aromatic heterocycles. The second-order valence-corrected chi connectivity index (χ2v) is 7.02. The lowest BCUT2D eigenvalue weighted by Crippen LogP contribution is -2.75. The van der Waals surface area contributed by atoms with Gasteiger partial charge in [0, 0.05) is 0 Å². The van der Waals surface area contributed by atoms with Crippen molar-refractivity contribution in [1.29, 1.82) is 0 Å². The molecule has 20 heteroatoms. The number of halogens is 19. The molecule has 0 amide bonds. The quantitative estimate of drug-likeness (QED) is 0.289. The summed E-state index contributed by atoms with van der Waals surface area (Å²) in [6.07, 6.45) is -7.88. The SMILES string of the molecule is FC(F)(F)C(F)(F)C(F)(F)C(F)(F)C(F)(F)C(F)(F)C(F)(F)C(F)(F)C(F)(F)c1cccs1. The Bertz CT molecular complexity index is 830. The van der Waals surface area contributed by atoms with E-state index in [4.69, 9.17) is 0 Å². The molecule has 0 spiro atoms. The molecule has 0 aliphatic carbocycles.